The molecule has 2 aromatic carbocycles. The minimum atomic E-state index is -0.456. The van der Waals surface area contributed by atoms with E-state index >= 15 is 0 Å². The Morgan fingerprint density at radius 3 is 2.38 bits per heavy atom. The number of thiocarbonyl (C=S) groups is 1. The van der Waals surface area contributed by atoms with Crippen LogP contribution in [0.25, 0.3) is 0 Å². The van der Waals surface area contributed by atoms with Gasteiger partial charge in [-0.3, -0.25) is 4.79 Å². The van der Waals surface area contributed by atoms with Crippen molar-refractivity contribution in [2.75, 3.05) is 5.32 Å². The van der Waals surface area contributed by atoms with Crippen LogP contribution in [0.15, 0.2) is 36.4 Å². The molecule has 1 amide bonds. The maximum atomic E-state index is 13.3. The summed E-state index contributed by atoms with van der Waals surface area (Å²) in [5, 5.41) is 2.74. The van der Waals surface area contributed by atoms with Gasteiger partial charge in [0.15, 0.2) is 0 Å². The molecule has 0 unspecified atom stereocenters. The zero-order chi connectivity index (χ0) is 15.6. The number of nitrogens with one attached hydrogen (secondary N) is 1. The Labute approximate surface area is 128 Å². The van der Waals surface area contributed by atoms with Gasteiger partial charge in [-0.05, 0) is 43.2 Å². The molecule has 0 saturated heterocycles. The van der Waals surface area contributed by atoms with Gasteiger partial charge in [-0.1, -0.05) is 30.4 Å². The Morgan fingerprint density at radius 1 is 1.19 bits per heavy atom. The van der Waals surface area contributed by atoms with Crippen LogP contribution < -0.4 is 11.1 Å². The Bertz CT molecular complexity index is 708. The van der Waals surface area contributed by atoms with Gasteiger partial charge in [0, 0.05) is 11.1 Å². The summed E-state index contributed by atoms with van der Waals surface area (Å²) in [4.78, 5) is 12.5. The molecule has 0 fully saturated rings. The van der Waals surface area contributed by atoms with Crippen molar-refractivity contribution in [2.45, 2.75) is 13.8 Å². The van der Waals surface area contributed by atoms with Crippen molar-refractivity contribution < 1.29 is 9.18 Å². The molecule has 2 aromatic rings. The van der Waals surface area contributed by atoms with Crippen molar-refractivity contribution in [3.63, 3.8) is 0 Å². The topological polar surface area (TPSA) is 55.1 Å². The maximum Gasteiger partial charge on any atom is 0.256 e. The summed E-state index contributed by atoms with van der Waals surface area (Å²) in [6.07, 6.45) is 0. The molecule has 2 rings (SSSR count). The molecule has 5 heteroatoms. The van der Waals surface area contributed by atoms with Crippen LogP contribution in [0.2, 0.25) is 0 Å². The maximum absolute atomic E-state index is 13.3. The van der Waals surface area contributed by atoms with Crippen molar-refractivity contribution in [2.24, 2.45) is 5.73 Å². The van der Waals surface area contributed by atoms with E-state index in [2.05, 4.69) is 5.32 Å². The number of nitrogens with two attached hydrogens (primary N) is 1. The molecule has 0 bridgehead atoms. The molecule has 0 saturated carbocycles. The number of aryl methyl sites for hydroxylation is 2. The third-order valence-electron chi connectivity index (χ3n) is 3.20. The number of hydrogen-bond donors (Lipinski definition) is 2. The minimum Gasteiger partial charge on any atom is -0.389 e. The normalized spacial score (nSPS) is 10.2. The molecule has 3 nitrogen and oxygen atoms in total. The summed E-state index contributed by atoms with van der Waals surface area (Å²) in [5.74, 6) is -0.724. The predicted octanol–water partition coefficient (Wildman–Crippen LogP) is 3.33. The van der Waals surface area contributed by atoms with Gasteiger partial charge >= 0.3 is 0 Å². The number of benzene rings is 2. The Balaban J connectivity index is 2.39. The Morgan fingerprint density at radius 2 is 1.81 bits per heavy atom. The smallest absolute Gasteiger partial charge is 0.256 e. The van der Waals surface area contributed by atoms with E-state index in [0.717, 1.165) is 11.1 Å². The summed E-state index contributed by atoms with van der Waals surface area (Å²) in [6.45, 7) is 3.72. The molecule has 0 aliphatic carbocycles. The van der Waals surface area contributed by atoms with Gasteiger partial charge in [-0.2, -0.15) is 0 Å². The zero-order valence-electron chi connectivity index (χ0n) is 11.7. The third-order valence-corrected chi connectivity index (χ3v) is 3.42. The van der Waals surface area contributed by atoms with Gasteiger partial charge in [-0.25, -0.2) is 4.39 Å². The molecule has 108 valence electrons. The van der Waals surface area contributed by atoms with Crippen molar-refractivity contribution in [3.05, 3.63) is 64.5 Å². The van der Waals surface area contributed by atoms with E-state index in [1.165, 1.54) is 18.2 Å². The summed E-state index contributed by atoms with van der Waals surface area (Å²) < 4.78 is 13.3. The number of carbonyl (C=O) groups excluding carboxylic acids is 1. The van der Waals surface area contributed by atoms with E-state index in [4.69, 9.17) is 18.0 Å². The molecule has 0 atom stereocenters. The van der Waals surface area contributed by atoms with Gasteiger partial charge in [-0.15, -0.1) is 0 Å². The predicted molar refractivity (Wildman–Crippen MR) is 86.2 cm³/mol. The van der Waals surface area contributed by atoms with E-state index < -0.39 is 5.82 Å². The largest absolute Gasteiger partial charge is 0.389 e. The molecule has 21 heavy (non-hydrogen) atoms. The molecular weight excluding hydrogens is 287 g/mol. The van der Waals surface area contributed by atoms with Gasteiger partial charge in [0.1, 0.15) is 10.8 Å². The monoisotopic (exact) mass is 302 g/mol. The van der Waals surface area contributed by atoms with Gasteiger partial charge < -0.3 is 11.1 Å². The minimum absolute atomic E-state index is 0.0336. The lowest BCUT2D eigenvalue weighted by molar-refractivity contribution is 0.102. The second-order valence-electron chi connectivity index (χ2n) is 4.78. The standard InChI is InChI=1S/C16H15FN2OS/c1-9-4-3-5-10(2)14(9)16(20)19-13-7-6-11(17)8-12(13)15(18)21/h3-8H,1-2H3,(H2,18,21)(H,19,20). The Kier molecular flexibility index (Phi) is 4.33. The van der Waals surface area contributed by atoms with Crippen molar-refractivity contribution in [1.82, 2.24) is 0 Å². The first-order valence-electron chi connectivity index (χ1n) is 6.37. The van der Waals surface area contributed by atoms with Crippen LogP contribution >= 0.6 is 12.2 Å². The first-order valence-corrected chi connectivity index (χ1v) is 6.78. The van der Waals surface area contributed by atoms with Crippen molar-refractivity contribution in [3.8, 4) is 0 Å². The van der Waals surface area contributed by atoms with Crippen LogP contribution in [0.3, 0.4) is 0 Å². The van der Waals surface area contributed by atoms with Crippen LogP contribution in [0.1, 0.15) is 27.0 Å². The second-order valence-corrected chi connectivity index (χ2v) is 5.21. The lowest BCUT2D eigenvalue weighted by atomic mass is 10.0. The van der Waals surface area contributed by atoms with Gasteiger partial charge in [0.05, 0.1) is 5.69 Å². The lowest BCUT2D eigenvalue weighted by Gasteiger charge is -2.13. The van der Waals surface area contributed by atoms with Crippen LogP contribution in [-0.4, -0.2) is 10.9 Å². The molecule has 3 N–H and O–H groups in total. The number of rotatable bonds is 3. The van der Waals surface area contributed by atoms with E-state index in [9.17, 15) is 9.18 Å². The summed E-state index contributed by atoms with van der Waals surface area (Å²) >= 11 is 4.89. The highest BCUT2D eigenvalue weighted by Crippen LogP contribution is 2.20. The zero-order valence-corrected chi connectivity index (χ0v) is 12.6. The number of halogens is 1. The quantitative estimate of drug-likeness (QED) is 0.855. The SMILES string of the molecule is Cc1cccc(C)c1C(=O)Nc1ccc(F)cc1C(N)=S. The average Bonchev–Trinajstić information content (AvgIpc) is 2.40. The first-order chi connectivity index (χ1) is 9.90. The molecule has 0 heterocycles. The van der Waals surface area contributed by atoms with E-state index in [1.807, 2.05) is 32.0 Å². The fourth-order valence-corrected chi connectivity index (χ4v) is 2.36. The van der Waals surface area contributed by atoms with Crippen molar-refractivity contribution >= 4 is 28.8 Å². The van der Waals surface area contributed by atoms with E-state index in [-0.39, 0.29) is 10.9 Å². The highest BCUT2D eigenvalue weighted by atomic mass is 32.1. The lowest BCUT2D eigenvalue weighted by Crippen LogP contribution is -2.19. The average molecular weight is 302 g/mol. The number of hydrogen-bond acceptors (Lipinski definition) is 2. The van der Waals surface area contributed by atoms with E-state index in [0.29, 0.717) is 16.8 Å². The first kappa shape index (κ1) is 15.1. The number of carbonyl (C=O) groups is 1. The number of anilines is 1. The molecular formula is C16H15FN2OS. The number of amides is 1. The summed E-state index contributed by atoms with van der Waals surface area (Å²) in [6, 6.07) is 9.53. The Hall–Kier alpha value is -2.27. The summed E-state index contributed by atoms with van der Waals surface area (Å²) in [7, 11) is 0. The van der Waals surface area contributed by atoms with Crippen LogP contribution in [-0.2, 0) is 0 Å². The van der Waals surface area contributed by atoms with E-state index in [1.54, 1.807) is 0 Å². The molecule has 0 aliphatic heterocycles. The fourth-order valence-electron chi connectivity index (χ4n) is 2.19. The third kappa shape index (κ3) is 3.25. The van der Waals surface area contributed by atoms with Crippen LogP contribution in [0.5, 0.6) is 0 Å². The van der Waals surface area contributed by atoms with Gasteiger partial charge in [0.2, 0.25) is 0 Å². The molecule has 0 spiro atoms. The van der Waals surface area contributed by atoms with Crippen LogP contribution in [0, 0.1) is 19.7 Å². The molecule has 0 aromatic heterocycles. The molecule has 0 radical (unpaired) electrons. The fraction of sp³-hybridized carbons (Fsp3) is 0.125. The summed E-state index contributed by atoms with van der Waals surface area (Å²) in [5.41, 5.74) is 8.61. The van der Waals surface area contributed by atoms with Crippen molar-refractivity contribution in [1.29, 1.82) is 0 Å². The highest BCUT2D eigenvalue weighted by Gasteiger charge is 2.15. The highest BCUT2D eigenvalue weighted by molar-refractivity contribution is 7.80. The van der Waals surface area contributed by atoms with Gasteiger partial charge in [0.25, 0.3) is 5.91 Å². The second kappa shape index (κ2) is 6.01. The van der Waals surface area contributed by atoms with Crippen LogP contribution in [0.4, 0.5) is 10.1 Å². The molecule has 0 aliphatic rings.